The summed E-state index contributed by atoms with van der Waals surface area (Å²) >= 11 is 0. The average Bonchev–Trinajstić information content (AvgIpc) is 2.67. The molecule has 0 amide bonds. The molecule has 2 heterocycles. The molecule has 26 heavy (non-hydrogen) atoms. The fraction of sp³-hybridized carbons (Fsp3) is 0.368. The van der Waals surface area contributed by atoms with Gasteiger partial charge in [0.25, 0.3) is 0 Å². The van der Waals surface area contributed by atoms with Crippen molar-refractivity contribution in [1.82, 2.24) is 9.88 Å². The van der Waals surface area contributed by atoms with E-state index in [-0.39, 0.29) is 24.0 Å². The summed E-state index contributed by atoms with van der Waals surface area (Å²) in [6, 6.07) is 13.9. The Labute approximate surface area is 172 Å². The zero-order chi connectivity index (χ0) is 17.5. The van der Waals surface area contributed by atoms with Gasteiger partial charge in [-0.25, -0.2) is 9.98 Å². The Bertz CT molecular complexity index is 698. The summed E-state index contributed by atoms with van der Waals surface area (Å²) in [5, 5.41) is 3.10. The fourth-order valence-electron chi connectivity index (χ4n) is 2.91. The Morgan fingerprint density at radius 1 is 1.15 bits per heavy atom. The zero-order valence-corrected chi connectivity index (χ0v) is 17.5. The topological polar surface area (TPSA) is 69.8 Å². The van der Waals surface area contributed by atoms with Crippen LogP contribution in [0.2, 0.25) is 0 Å². The Kier molecular flexibility index (Phi) is 8.11. The van der Waals surface area contributed by atoms with Gasteiger partial charge in [0.2, 0.25) is 0 Å². The number of hydrogen-bond acceptors (Lipinski definition) is 4. The molecule has 1 aliphatic heterocycles. The van der Waals surface area contributed by atoms with Crippen LogP contribution in [0.5, 0.6) is 0 Å². The maximum atomic E-state index is 5.97. The number of piperazine rings is 1. The van der Waals surface area contributed by atoms with Gasteiger partial charge in [0.05, 0.1) is 6.54 Å². The van der Waals surface area contributed by atoms with Gasteiger partial charge in [-0.3, -0.25) is 0 Å². The molecule has 1 aliphatic rings. The van der Waals surface area contributed by atoms with Crippen molar-refractivity contribution < 1.29 is 0 Å². The summed E-state index contributed by atoms with van der Waals surface area (Å²) in [6.45, 7) is 8.08. The average molecular weight is 466 g/mol. The first kappa shape index (κ1) is 20.4. The predicted molar refractivity (Wildman–Crippen MR) is 119 cm³/mol. The lowest BCUT2D eigenvalue weighted by atomic mass is 10.2. The number of nitrogens with zero attached hydrogens (tertiary/aromatic N) is 4. The molecule has 0 spiro atoms. The second kappa shape index (κ2) is 10.3. The van der Waals surface area contributed by atoms with Gasteiger partial charge in [0, 0.05) is 38.1 Å². The van der Waals surface area contributed by atoms with E-state index >= 15 is 0 Å². The molecule has 3 rings (SSSR count). The van der Waals surface area contributed by atoms with Crippen molar-refractivity contribution in [1.29, 1.82) is 0 Å². The maximum Gasteiger partial charge on any atom is 0.193 e. The molecule has 2 aromatic rings. The molecule has 6 nitrogen and oxygen atoms in total. The monoisotopic (exact) mass is 466 g/mol. The number of guanidine groups is 1. The fourth-order valence-corrected chi connectivity index (χ4v) is 2.91. The molecule has 1 aromatic heterocycles. The molecule has 0 saturated carbocycles. The highest BCUT2D eigenvalue weighted by atomic mass is 127. The van der Waals surface area contributed by atoms with Crippen molar-refractivity contribution in [2.45, 2.75) is 13.5 Å². The van der Waals surface area contributed by atoms with Gasteiger partial charge in [-0.05, 0) is 36.4 Å². The van der Waals surface area contributed by atoms with E-state index in [1.54, 1.807) is 0 Å². The smallest absolute Gasteiger partial charge is 0.193 e. The largest absolute Gasteiger partial charge is 0.370 e. The van der Waals surface area contributed by atoms with Crippen molar-refractivity contribution in [3.8, 4) is 0 Å². The van der Waals surface area contributed by atoms with E-state index < -0.39 is 0 Å². The van der Waals surface area contributed by atoms with Crippen LogP contribution in [0.4, 0.5) is 11.5 Å². The Balaban J connectivity index is 0.00000243. The molecule has 3 N–H and O–H groups in total. The summed E-state index contributed by atoms with van der Waals surface area (Å²) in [5.41, 5.74) is 8.02. The standard InChI is InChI=1S/C19H26N6.HI/c1-2-24-10-12-25(13-11-24)18-14-16(8-9-21-18)15-22-19(20)23-17-6-4-3-5-7-17;/h3-9,14H,2,10-13,15H2,1H3,(H3,20,22,23);1H. The molecular formula is C19H27IN6. The van der Waals surface area contributed by atoms with Gasteiger partial charge < -0.3 is 20.9 Å². The van der Waals surface area contributed by atoms with Crippen LogP contribution in [0.25, 0.3) is 0 Å². The summed E-state index contributed by atoms with van der Waals surface area (Å²) in [6.07, 6.45) is 1.85. The third-order valence-corrected chi connectivity index (χ3v) is 4.43. The van der Waals surface area contributed by atoms with E-state index in [1.165, 1.54) is 0 Å². The summed E-state index contributed by atoms with van der Waals surface area (Å²) < 4.78 is 0. The van der Waals surface area contributed by atoms with Crippen LogP contribution in [0.1, 0.15) is 12.5 Å². The van der Waals surface area contributed by atoms with E-state index in [2.05, 4.69) is 38.1 Å². The van der Waals surface area contributed by atoms with Gasteiger partial charge in [0.1, 0.15) is 5.82 Å². The minimum atomic E-state index is 0. The molecule has 1 aromatic carbocycles. The molecule has 0 unspecified atom stereocenters. The highest BCUT2D eigenvalue weighted by Crippen LogP contribution is 2.15. The molecule has 1 saturated heterocycles. The number of halogens is 1. The minimum Gasteiger partial charge on any atom is -0.370 e. The molecule has 0 atom stereocenters. The summed E-state index contributed by atoms with van der Waals surface area (Å²) in [5.74, 6) is 1.44. The normalized spacial score (nSPS) is 15.4. The Morgan fingerprint density at radius 2 is 1.88 bits per heavy atom. The third-order valence-electron chi connectivity index (χ3n) is 4.43. The molecular weight excluding hydrogens is 439 g/mol. The van der Waals surface area contributed by atoms with Gasteiger partial charge >= 0.3 is 0 Å². The molecule has 140 valence electrons. The third kappa shape index (κ3) is 5.84. The first-order valence-corrected chi connectivity index (χ1v) is 8.79. The van der Waals surface area contributed by atoms with Gasteiger partial charge in [-0.2, -0.15) is 0 Å². The van der Waals surface area contributed by atoms with Crippen LogP contribution >= 0.6 is 24.0 Å². The zero-order valence-electron chi connectivity index (χ0n) is 15.1. The van der Waals surface area contributed by atoms with Crippen molar-refractivity contribution in [3.63, 3.8) is 0 Å². The Morgan fingerprint density at radius 3 is 2.58 bits per heavy atom. The number of nitrogens with two attached hydrogens (primary N) is 1. The number of likely N-dealkylation sites (N-methyl/N-ethyl adjacent to an activating group) is 1. The highest BCUT2D eigenvalue weighted by Gasteiger charge is 2.16. The van der Waals surface area contributed by atoms with E-state index in [0.717, 1.165) is 49.8 Å². The maximum absolute atomic E-state index is 5.97. The van der Waals surface area contributed by atoms with Crippen LogP contribution in [0.3, 0.4) is 0 Å². The van der Waals surface area contributed by atoms with Crippen molar-refractivity contribution in [2.24, 2.45) is 10.7 Å². The predicted octanol–water partition coefficient (Wildman–Crippen LogP) is 2.77. The lowest BCUT2D eigenvalue weighted by molar-refractivity contribution is 0.270. The van der Waals surface area contributed by atoms with Crippen LogP contribution < -0.4 is 16.0 Å². The van der Waals surface area contributed by atoms with E-state index in [1.807, 2.05) is 42.6 Å². The first-order valence-electron chi connectivity index (χ1n) is 8.79. The van der Waals surface area contributed by atoms with Crippen LogP contribution in [-0.2, 0) is 6.54 Å². The highest BCUT2D eigenvalue weighted by molar-refractivity contribution is 14.0. The molecule has 0 radical (unpaired) electrons. The molecule has 1 fully saturated rings. The summed E-state index contributed by atoms with van der Waals surface area (Å²) in [7, 11) is 0. The van der Waals surface area contributed by atoms with Crippen LogP contribution in [-0.4, -0.2) is 48.6 Å². The molecule has 0 aliphatic carbocycles. The minimum absolute atomic E-state index is 0. The van der Waals surface area contributed by atoms with Gasteiger partial charge in [-0.15, -0.1) is 24.0 Å². The number of hydrogen-bond donors (Lipinski definition) is 2. The van der Waals surface area contributed by atoms with Gasteiger partial charge in [0.15, 0.2) is 5.96 Å². The number of pyridine rings is 1. The number of para-hydroxylation sites is 1. The number of aliphatic imine (C=N–C) groups is 1. The van der Waals surface area contributed by atoms with Crippen molar-refractivity contribution >= 4 is 41.4 Å². The van der Waals surface area contributed by atoms with Crippen molar-refractivity contribution in [2.75, 3.05) is 42.9 Å². The number of aromatic nitrogens is 1. The number of benzene rings is 1. The van der Waals surface area contributed by atoms with E-state index in [0.29, 0.717) is 12.5 Å². The lowest BCUT2D eigenvalue weighted by Gasteiger charge is -2.34. The Hall–Kier alpha value is -1.87. The van der Waals surface area contributed by atoms with Gasteiger partial charge in [-0.1, -0.05) is 25.1 Å². The lowest BCUT2D eigenvalue weighted by Crippen LogP contribution is -2.46. The molecule has 0 bridgehead atoms. The summed E-state index contributed by atoms with van der Waals surface area (Å²) in [4.78, 5) is 13.7. The second-order valence-corrected chi connectivity index (χ2v) is 6.14. The van der Waals surface area contributed by atoms with Crippen molar-refractivity contribution in [3.05, 3.63) is 54.2 Å². The van der Waals surface area contributed by atoms with Crippen LogP contribution in [0.15, 0.2) is 53.7 Å². The number of nitrogens with one attached hydrogen (secondary N) is 1. The van der Waals surface area contributed by atoms with Crippen LogP contribution in [0, 0.1) is 0 Å². The van der Waals surface area contributed by atoms with E-state index in [4.69, 9.17) is 5.73 Å². The quantitative estimate of drug-likeness (QED) is 0.403. The number of rotatable bonds is 5. The number of anilines is 2. The second-order valence-electron chi connectivity index (χ2n) is 6.14. The SMILES string of the molecule is CCN1CCN(c2cc(CN=C(N)Nc3ccccc3)ccn2)CC1.I. The molecule has 7 heteroatoms. The van der Waals surface area contributed by atoms with E-state index in [9.17, 15) is 0 Å². The first-order chi connectivity index (χ1) is 12.2.